The van der Waals surface area contributed by atoms with Crippen LogP contribution in [0.2, 0.25) is 0 Å². The third-order valence-electron chi connectivity index (χ3n) is 5.09. The predicted octanol–water partition coefficient (Wildman–Crippen LogP) is 3.70. The summed E-state index contributed by atoms with van der Waals surface area (Å²) in [6.07, 6.45) is 3.54. The quantitative estimate of drug-likeness (QED) is 0.382. The number of hydrogen-bond acceptors (Lipinski definition) is 3. The van der Waals surface area contributed by atoms with Crippen molar-refractivity contribution < 1.29 is 4.74 Å². The molecule has 23 heavy (non-hydrogen) atoms. The average molecular weight is 512 g/mol. The SMILES string of the molecule is CCNC(=NCc1cc(Br)cs1)N1CC2C3CCC(O3)C2C1.I. The molecule has 0 spiro atoms. The molecule has 0 radical (unpaired) electrons. The lowest BCUT2D eigenvalue weighted by molar-refractivity contribution is 0.0767. The number of nitrogens with zero attached hydrogens (tertiary/aromatic N) is 2. The van der Waals surface area contributed by atoms with E-state index in [4.69, 9.17) is 9.73 Å². The van der Waals surface area contributed by atoms with Gasteiger partial charge in [-0.15, -0.1) is 35.3 Å². The van der Waals surface area contributed by atoms with E-state index in [2.05, 4.69) is 44.5 Å². The van der Waals surface area contributed by atoms with Crippen LogP contribution in [0.1, 0.15) is 24.6 Å². The number of halogens is 2. The van der Waals surface area contributed by atoms with Gasteiger partial charge in [0.2, 0.25) is 0 Å². The van der Waals surface area contributed by atoms with Crippen LogP contribution in [-0.4, -0.2) is 42.7 Å². The Kier molecular flexibility index (Phi) is 5.91. The Labute approximate surface area is 167 Å². The molecule has 4 nitrogen and oxygen atoms in total. The number of aliphatic imine (C=N–C) groups is 1. The molecule has 2 bridgehead atoms. The number of guanidine groups is 1. The maximum atomic E-state index is 6.07. The molecule has 4 heterocycles. The number of thiophene rings is 1. The normalized spacial score (nSPS) is 32.1. The first-order valence-corrected chi connectivity index (χ1v) is 9.83. The van der Waals surface area contributed by atoms with E-state index in [0.29, 0.717) is 12.2 Å². The van der Waals surface area contributed by atoms with Gasteiger partial charge in [-0.3, -0.25) is 0 Å². The van der Waals surface area contributed by atoms with Gasteiger partial charge in [0, 0.05) is 46.2 Å². The fraction of sp³-hybridized carbons (Fsp3) is 0.688. The summed E-state index contributed by atoms with van der Waals surface area (Å²) in [7, 11) is 0. The lowest BCUT2D eigenvalue weighted by Gasteiger charge is -2.23. The molecule has 1 aromatic rings. The van der Waals surface area contributed by atoms with Gasteiger partial charge in [-0.2, -0.15) is 0 Å². The predicted molar refractivity (Wildman–Crippen MR) is 109 cm³/mol. The highest BCUT2D eigenvalue weighted by Gasteiger charge is 2.53. The molecular formula is C16H23BrIN3OS. The van der Waals surface area contributed by atoms with Crippen molar-refractivity contribution in [2.45, 2.75) is 38.5 Å². The molecule has 0 aliphatic carbocycles. The number of nitrogens with one attached hydrogen (secondary N) is 1. The fourth-order valence-corrected chi connectivity index (χ4v) is 5.52. The largest absolute Gasteiger partial charge is 0.374 e. The van der Waals surface area contributed by atoms with Crippen LogP contribution in [0, 0.1) is 11.8 Å². The van der Waals surface area contributed by atoms with Crippen LogP contribution < -0.4 is 5.32 Å². The average Bonchev–Trinajstić information content (AvgIpc) is 3.24. The van der Waals surface area contributed by atoms with Crippen LogP contribution in [0.3, 0.4) is 0 Å². The van der Waals surface area contributed by atoms with E-state index in [9.17, 15) is 0 Å². The summed E-state index contributed by atoms with van der Waals surface area (Å²) in [6, 6.07) is 2.16. The molecule has 128 valence electrons. The Morgan fingerprint density at radius 1 is 1.39 bits per heavy atom. The second-order valence-electron chi connectivity index (χ2n) is 6.42. The van der Waals surface area contributed by atoms with E-state index in [1.165, 1.54) is 17.7 Å². The van der Waals surface area contributed by atoms with Gasteiger partial charge in [-0.25, -0.2) is 4.99 Å². The lowest BCUT2D eigenvalue weighted by Crippen LogP contribution is -2.41. The zero-order valence-electron chi connectivity index (χ0n) is 13.2. The van der Waals surface area contributed by atoms with E-state index in [0.717, 1.165) is 48.4 Å². The molecule has 7 heteroatoms. The Morgan fingerprint density at radius 3 is 2.65 bits per heavy atom. The molecule has 0 aromatic carbocycles. The number of rotatable bonds is 3. The molecule has 3 fully saturated rings. The maximum absolute atomic E-state index is 6.07. The van der Waals surface area contributed by atoms with Gasteiger partial charge in [0.05, 0.1) is 18.8 Å². The van der Waals surface area contributed by atoms with Crippen LogP contribution in [0.5, 0.6) is 0 Å². The van der Waals surface area contributed by atoms with Crippen LogP contribution in [-0.2, 0) is 11.3 Å². The molecule has 3 saturated heterocycles. The minimum atomic E-state index is 0. The molecule has 4 unspecified atom stereocenters. The monoisotopic (exact) mass is 511 g/mol. The first kappa shape index (κ1) is 17.9. The van der Waals surface area contributed by atoms with Gasteiger partial charge in [-0.05, 0) is 41.8 Å². The molecule has 4 atom stereocenters. The summed E-state index contributed by atoms with van der Waals surface area (Å²) in [4.78, 5) is 8.61. The smallest absolute Gasteiger partial charge is 0.194 e. The van der Waals surface area contributed by atoms with Gasteiger partial charge in [0.1, 0.15) is 0 Å². The summed E-state index contributed by atoms with van der Waals surface area (Å²) >= 11 is 5.27. The van der Waals surface area contributed by atoms with Crippen LogP contribution >= 0.6 is 51.2 Å². The molecule has 3 aliphatic heterocycles. The minimum absolute atomic E-state index is 0. The molecule has 4 rings (SSSR count). The zero-order valence-corrected chi connectivity index (χ0v) is 17.9. The number of ether oxygens (including phenoxy) is 1. The van der Waals surface area contributed by atoms with Crippen molar-refractivity contribution in [3.63, 3.8) is 0 Å². The van der Waals surface area contributed by atoms with Gasteiger partial charge in [0.15, 0.2) is 5.96 Å². The minimum Gasteiger partial charge on any atom is -0.374 e. The first-order chi connectivity index (χ1) is 10.7. The second-order valence-corrected chi connectivity index (χ2v) is 8.34. The summed E-state index contributed by atoms with van der Waals surface area (Å²) in [6.45, 7) is 6.02. The summed E-state index contributed by atoms with van der Waals surface area (Å²) < 4.78 is 7.22. The molecule has 3 aliphatic rings. The molecular weight excluding hydrogens is 489 g/mol. The number of fused-ring (bicyclic) bond motifs is 5. The molecule has 1 aromatic heterocycles. The van der Waals surface area contributed by atoms with E-state index in [1.54, 1.807) is 11.3 Å². The topological polar surface area (TPSA) is 36.9 Å². The third-order valence-corrected chi connectivity index (χ3v) is 6.78. The van der Waals surface area contributed by atoms with E-state index in [-0.39, 0.29) is 24.0 Å². The van der Waals surface area contributed by atoms with Crippen LogP contribution in [0.4, 0.5) is 0 Å². The van der Waals surface area contributed by atoms with Crippen molar-refractivity contribution in [2.75, 3.05) is 19.6 Å². The van der Waals surface area contributed by atoms with Crippen molar-refractivity contribution in [2.24, 2.45) is 16.8 Å². The van der Waals surface area contributed by atoms with Crippen molar-refractivity contribution in [3.05, 3.63) is 20.8 Å². The highest BCUT2D eigenvalue weighted by molar-refractivity contribution is 14.0. The van der Waals surface area contributed by atoms with E-state index in [1.807, 2.05) is 0 Å². The second kappa shape index (κ2) is 7.58. The number of hydrogen-bond donors (Lipinski definition) is 1. The van der Waals surface area contributed by atoms with E-state index >= 15 is 0 Å². The van der Waals surface area contributed by atoms with Gasteiger partial charge in [-0.1, -0.05) is 0 Å². The Hall–Kier alpha value is 0.140. The van der Waals surface area contributed by atoms with Crippen molar-refractivity contribution >= 4 is 57.2 Å². The Bertz CT molecular complexity index is 563. The van der Waals surface area contributed by atoms with Crippen molar-refractivity contribution in [3.8, 4) is 0 Å². The Balaban J connectivity index is 0.00000156. The van der Waals surface area contributed by atoms with Gasteiger partial charge >= 0.3 is 0 Å². The zero-order chi connectivity index (χ0) is 15.1. The van der Waals surface area contributed by atoms with Crippen molar-refractivity contribution in [1.82, 2.24) is 10.2 Å². The molecule has 0 saturated carbocycles. The fourth-order valence-electron chi connectivity index (χ4n) is 4.15. The van der Waals surface area contributed by atoms with Gasteiger partial charge in [0.25, 0.3) is 0 Å². The van der Waals surface area contributed by atoms with Crippen LogP contribution in [0.15, 0.2) is 20.9 Å². The van der Waals surface area contributed by atoms with E-state index < -0.39 is 0 Å². The highest BCUT2D eigenvalue weighted by atomic mass is 127. The van der Waals surface area contributed by atoms with Gasteiger partial charge < -0.3 is 15.0 Å². The highest BCUT2D eigenvalue weighted by Crippen LogP contribution is 2.47. The molecule has 1 N–H and O–H groups in total. The standard InChI is InChI=1S/C16H22BrN3OS.HI/c1-2-18-16(19-6-11-5-10(17)9-22-11)20-7-12-13(8-20)15-4-3-14(12)21-15;/h5,9,12-15H,2-4,6-8H2,1H3,(H,18,19);1H. The van der Waals surface area contributed by atoms with Crippen LogP contribution in [0.25, 0.3) is 0 Å². The summed E-state index contributed by atoms with van der Waals surface area (Å²) in [5.41, 5.74) is 0. The third kappa shape index (κ3) is 3.57. The molecule has 0 amide bonds. The summed E-state index contributed by atoms with van der Waals surface area (Å²) in [5, 5.41) is 5.59. The maximum Gasteiger partial charge on any atom is 0.194 e. The summed E-state index contributed by atoms with van der Waals surface area (Å²) in [5.74, 6) is 2.51. The first-order valence-electron chi connectivity index (χ1n) is 8.16. The number of likely N-dealkylation sites (tertiary alicyclic amines) is 1. The van der Waals surface area contributed by atoms with Crippen molar-refractivity contribution in [1.29, 1.82) is 0 Å². The Morgan fingerprint density at radius 2 is 2.09 bits per heavy atom. The lowest BCUT2D eigenvalue weighted by atomic mass is 9.82.